The third kappa shape index (κ3) is 3.73. The summed E-state index contributed by atoms with van der Waals surface area (Å²) in [7, 11) is 0. The van der Waals surface area contributed by atoms with Crippen LogP contribution in [0.5, 0.6) is 0 Å². The van der Waals surface area contributed by atoms with Crippen LogP contribution >= 0.6 is 11.8 Å². The van der Waals surface area contributed by atoms with Crippen molar-refractivity contribution < 1.29 is 13.2 Å². The lowest BCUT2D eigenvalue weighted by Gasteiger charge is -2.53. The minimum Gasteiger partial charge on any atom is -0.342 e. The predicted octanol–water partition coefficient (Wildman–Crippen LogP) is 3.60. The Morgan fingerprint density at radius 2 is 1.87 bits per heavy atom. The summed E-state index contributed by atoms with van der Waals surface area (Å²) in [5.74, 6) is 1.72. The Morgan fingerprint density at radius 1 is 1.13 bits per heavy atom. The van der Waals surface area contributed by atoms with E-state index in [4.69, 9.17) is 0 Å². The number of hydrogen-bond donors (Lipinski definition) is 2. The van der Waals surface area contributed by atoms with E-state index in [1.54, 1.807) is 0 Å². The van der Waals surface area contributed by atoms with Gasteiger partial charge in [0.05, 0.1) is 6.20 Å². The molecule has 3 aromatic rings. The van der Waals surface area contributed by atoms with Crippen molar-refractivity contribution in [2.75, 3.05) is 31.1 Å². The first-order chi connectivity index (χ1) is 14.7. The van der Waals surface area contributed by atoms with Crippen LogP contribution in [0.25, 0.3) is 11.3 Å². The maximum absolute atomic E-state index is 13.2. The van der Waals surface area contributed by atoms with E-state index in [0.29, 0.717) is 34.1 Å². The van der Waals surface area contributed by atoms with Crippen LogP contribution in [0, 0.1) is 17.3 Å². The molecule has 2 unspecified atom stereocenters. The first-order valence-electron chi connectivity index (χ1n) is 10.1. The number of H-pyrrole nitrogens is 1. The van der Waals surface area contributed by atoms with E-state index < -0.39 is 11.9 Å². The topological polar surface area (TPSA) is 82.6 Å². The molecule has 11 heteroatoms. The van der Waals surface area contributed by atoms with Gasteiger partial charge in [0, 0.05) is 37.3 Å². The summed E-state index contributed by atoms with van der Waals surface area (Å²) in [6.07, 6.45) is -1.95. The molecule has 0 aromatic carbocycles. The quantitative estimate of drug-likeness (QED) is 0.632. The van der Waals surface area contributed by atoms with Gasteiger partial charge in [-0.1, -0.05) is 25.6 Å². The molecule has 0 saturated carbocycles. The van der Waals surface area contributed by atoms with Crippen LogP contribution in [-0.4, -0.2) is 51.1 Å². The Hall–Kier alpha value is -2.40. The van der Waals surface area contributed by atoms with Crippen molar-refractivity contribution >= 4 is 29.0 Å². The number of rotatable bonds is 3. The number of fused-ring (bicyclic) bond motifs is 3. The molecule has 164 valence electrons. The molecular weight excluding hydrogens is 427 g/mol. The van der Waals surface area contributed by atoms with Gasteiger partial charge in [0.25, 0.3) is 0 Å². The van der Waals surface area contributed by atoms with Crippen molar-refractivity contribution in [3.63, 3.8) is 0 Å². The maximum Gasteiger partial charge on any atom is 0.434 e. The Morgan fingerprint density at radius 3 is 2.58 bits per heavy atom. The number of aromatic nitrogens is 5. The molecule has 2 fully saturated rings. The average molecular weight is 450 g/mol. The Labute approximate surface area is 181 Å². The zero-order valence-electron chi connectivity index (χ0n) is 17.1. The molecule has 2 saturated heterocycles. The molecular formula is C20H22F3N7S. The van der Waals surface area contributed by atoms with Crippen molar-refractivity contribution in [3.8, 4) is 0 Å². The molecule has 0 aliphatic carbocycles. The van der Waals surface area contributed by atoms with Gasteiger partial charge in [-0.05, 0) is 29.4 Å². The van der Waals surface area contributed by atoms with Gasteiger partial charge in [0.2, 0.25) is 5.95 Å². The summed E-state index contributed by atoms with van der Waals surface area (Å²) < 4.78 is 39.7. The molecule has 0 radical (unpaired) electrons. The van der Waals surface area contributed by atoms with Gasteiger partial charge in [-0.2, -0.15) is 18.2 Å². The number of aromatic amines is 1. The zero-order valence-corrected chi connectivity index (χ0v) is 17.9. The van der Waals surface area contributed by atoms with E-state index in [1.165, 1.54) is 18.3 Å². The number of alkyl halides is 3. The average Bonchev–Trinajstić information content (AvgIpc) is 3.10. The highest BCUT2D eigenvalue weighted by Crippen LogP contribution is 2.43. The highest BCUT2D eigenvalue weighted by Gasteiger charge is 2.45. The van der Waals surface area contributed by atoms with Crippen molar-refractivity contribution in [1.82, 2.24) is 30.2 Å². The highest BCUT2D eigenvalue weighted by atomic mass is 32.2. The second-order valence-electron chi connectivity index (χ2n) is 8.67. The van der Waals surface area contributed by atoms with E-state index in [9.17, 15) is 13.2 Å². The minimum atomic E-state index is -4.53. The van der Waals surface area contributed by atoms with Gasteiger partial charge in [0.15, 0.2) is 17.0 Å². The van der Waals surface area contributed by atoms with Crippen LogP contribution in [0.2, 0.25) is 0 Å². The summed E-state index contributed by atoms with van der Waals surface area (Å²) in [5, 5.41) is 3.87. The molecule has 5 rings (SSSR count). The fourth-order valence-electron chi connectivity index (χ4n) is 4.43. The van der Waals surface area contributed by atoms with Crippen LogP contribution < -0.4 is 10.2 Å². The van der Waals surface area contributed by atoms with Gasteiger partial charge in [-0.15, -0.1) is 0 Å². The summed E-state index contributed by atoms with van der Waals surface area (Å²) >= 11 is 0.888. The molecule has 7 nitrogen and oxygen atoms in total. The van der Waals surface area contributed by atoms with E-state index in [1.807, 2.05) is 0 Å². The number of pyridine rings is 1. The van der Waals surface area contributed by atoms with E-state index in [2.05, 4.69) is 49.0 Å². The van der Waals surface area contributed by atoms with Crippen molar-refractivity contribution in [1.29, 1.82) is 0 Å². The number of anilines is 1. The standard InChI is InChI=1S/C20H22F3N7S/c1-19(2)11-6-24-7-12(19)10-30(9-11)18-28-16-17(29-18)27-14(8-26-16)31-13-4-3-5-25-15(13)20(21,22)23/h3-5,8,11-12,24H,6-7,9-10H2,1-2H3,(H,26,27,28,29). The lowest BCUT2D eigenvalue weighted by atomic mass is 9.64. The van der Waals surface area contributed by atoms with Gasteiger partial charge in [-0.25, -0.2) is 9.97 Å². The van der Waals surface area contributed by atoms with Crippen LogP contribution in [0.15, 0.2) is 34.4 Å². The minimum absolute atomic E-state index is 0.0121. The number of piperidine rings is 2. The third-order valence-corrected chi connectivity index (χ3v) is 7.45. The Kier molecular flexibility index (Phi) is 4.85. The van der Waals surface area contributed by atoms with Gasteiger partial charge in [-0.3, -0.25) is 4.98 Å². The highest BCUT2D eigenvalue weighted by molar-refractivity contribution is 7.99. The normalized spacial score (nSPS) is 23.3. The van der Waals surface area contributed by atoms with E-state index in [-0.39, 0.29) is 10.3 Å². The smallest absolute Gasteiger partial charge is 0.342 e. The van der Waals surface area contributed by atoms with Crippen LogP contribution in [0.1, 0.15) is 19.5 Å². The molecule has 5 heterocycles. The Bertz CT molecular complexity index is 1100. The number of halogens is 3. The fourth-order valence-corrected chi connectivity index (χ4v) is 5.31. The van der Waals surface area contributed by atoms with Crippen molar-refractivity contribution in [3.05, 3.63) is 30.2 Å². The van der Waals surface area contributed by atoms with Crippen molar-refractivity contribution in [2.24, 2.45) is 17.3 Å². The van der Waals surface area contributed by atoms with Crippen LogP contribution in [0.4, 0.5) is 19.1 Å². The molecule has 2 N–H and O–H groups in total. The Balaban J connectivity index is 1.41. The molecule has 2 aliphatic rings. The first kappa shape index (κ1) is 20.5. The molecule has 2 bridgehead atoms. The third-order valence-electron chi connectivity index (χ3n) is 6.49. The predicted molar refractivity (Wildman–Crippen MR) is 111 cm³/mol. The molecule has 2 atom stereocenters. The molecule has 0 spiro atoms. The lowest BCUT2D eigenvalue weighted by Crippen LogP contribution is -2.60. The SMILES string of the molecule is CC1(C)C2CNCC1CN(c1nc3ncc(Sc4cccnc4C(F)(F)F)nc3[nH]1)C2. The number of imidazole rings is 1. The van der Waals surface area contributed by atoms with Crippen LogP contribution in [0.3, 0.4) is 0 Å². The zero-order chi connectivity index (χ0) is 21.8. The molecule has 0 amide bonds. The first-order valence-corrected chi connectivity index (χ1v) is 10.9. The van der Waals surface area contributed by atoms with Crippen LogP contribution in [-0.2, 0) is 6.18 Å². The molecule has 31 heavy (non-hydrogen) atoms. The van der Waals surface area contributed by atoms with Crippen molar-refractivity contribution in [2.45, 2.75) is 29.9 Å². The summed E-state index contributed by atoms with van der Waals surface area (Å²) in [5.41, 5.74) is 0.261. The fraction of sp³-hybridized carbons (Fsp3) is 0.500. The summed E-state index contributed by atoms with van der Waals surface area (Å²) in [6.45, 7) is 8.37. The largest absolute Gasteiger partial charge is 0.434 e. The number of nitrogens with zero attached hydrogens (tertiary/aromatic N) is 5. The van der Waals surface area contributed by atoms with E-state index >= 15 is 0 Å². The summed E-state index contributed by atoms with van der Waals surface area (Å²) in [4.78, 5) is 22.3. The maximum atomic E-state index is 13.2. The summed E-state index contributed by atoms with van der Waals surface area (Å²) in [6, 6.07) is 2.86. The monoisotopic (exact) mass is 449 g/mol. The lowest BCUT2D eigenvalue weighted by molar-refractivity contribution is -0.143. The van der Waals surface area contributed by atoms with E-state index in [0.717, 1.165) is 44.1 Å². The van der Waals surface area contributed by atoms with Gasteiger partial charge >= 0.3 is 6.18 Å². The number of hydrogen-bond acceptors (Lipinski definition) is 7. The second-order valence-corrected chi connectivity index (χ2v) is 9.73. The second kappa shape index (κ2) is 7.33. The molecule has 3 aromatic heterocycles. The van der Waals surface area contributed by atoms with Gasteiger partial charge in [0.1, 0.15) is 5.03 Å². The van der Waals surface area contributed by atoms with Gasteiger partial charge < -0.3 is 15.2 Å². The number of nitrogens with one attached hydrogen (secondary N) is 2. The molecule has 2 aliphatic heterocycles.